The molecule has 1 unspecified atom stereocenters. The van der Waals surface area contributed by atoms with Gasteiger partial charge in [0, 0.05) is 43.0 Å². The summed E-state index contributed by atoms with van der Waals surface area (Å²) in [6.07, 6.45) is 3.55. The summed E-state index contributed by atoms with van der Waals surface area (Å²) in [5.41, 5.74) is 3.00. The molecule has 1 amide bonds. The van der Waals surface area contributed by atoms with Gasteiger partial charge in [0.05, 0.1) is 17.9 Å². The number of nitrogens with zero attached hydrogens (tertiary/aromatic N) is 4. The van der Waals surface area contributed by atoms with Crippen LogP contribution in [0.15, 0.2) is 37.2 Å². The largest absolute Gasteiger partial charge is 0.478 e. The Kier molecular flexibility index (Phi) is 6.89. The minimum Gasteiger partial charge on any atom is -0.478 e. The molecule has 1 N–H and O–H groups in total. The van der Waals surface area contributed by atoms with Crippen molar-refractivity contribution in [3.05, 3.63) is 48.3 Å². The van der Waals surface area contributed by atoms with Gasteiger partial charge in [-0.05, 0) is 51.0 Å². The maximum absolute atomic E-state index is 12.0. The van der Waals surface area contributed by atoms with E-state index in [1.54, 1.807) is 17.0 Å². The predicted molar refractivity (Wildman–Crippen MR) is 119 cm³/mol. The van der Waals surface area contributed by atoms with Gasteiger partial charge in [-0.25, -0.2) is 14.8 Å². The number of aromatic carboxylic acids is 1. The van der Waals surface area contributed by atoms with Crippen LogP contribution in [0.3, 0.4) is 0 Å². The van der Waals surface area contributed by atoms with Crippen LogP contribution in [0.4, 0.5) is 5.69 Å². The molecule has 1 atom stereocenters. The van der Waals surface area contributed by atoms with E-state index in [0.29, 0.717) is 48.9 Å². The topological polar surface area (TPSA) is 95.9 Å². The zero-order valence-corrected chi connectivity index (χ0v) is 18.2. The normalized spacial score (nSPS) is 15.6. The minimum absolute atomic E-state index is 0.0836. The number of hydrogen-bond donors (Lipinski definition) is 1. The summed E-state index contributed by atoms with van der Waals surface area (Å²) in [5.74, 6) is -0.640. The first-order valence-corrected chi connectivity index (χ1v) is 10.4. The number of carboxylic acid groups (broad SMARTS) is 1. The summed E-state index contributed by atoms with van der Waals surface area (Å²) in [7, 11) is 0. The first-order valence-electron chi connectivity index (χ1n) is 10.4. The molecular weight excluding hydrogens is 396 g/mol. The molecule has 1 aliphatic heterocycles. The number of ether oxygens (including phenoxy) is 1. The van der Waals surface area contributed by atoms with Crippen molar-refractivity contribution in [3.63, 3.8) is 0 Å². The predicted octanol–water partition coefficient (Wildman–Crippen LogP) is 3.16. The standard InChI is InChI=1S/C23H28N4O4/c1-5-22(28)26-9-8-17(13-26)27(6-2)20-11-16(10-18(15(20)4)23(29)30)19-12-21(31-7-3)25-14-24-19/h5,10-12,14,17H,1,6-9,13H2,2-4H3,(H,29,30). The number of anilines is 1. The van der Waals surface area contributed by atoms with Crippen molar-refractivity contribution >= 4 is 17.6 Å². The van der Waals surface area contributed by atoms with Crippen LogP contribution in [-0.2, 0) is 4.79 Å². The van der Waals surface area contributed by atoms with Crippen LogP contribution in [0.25, 0.3) is 11.3 Å². The van der Waals surface area contributed by atoms with Gasteiger partial charge in [0.25, 0.3) is 0 Å². The summed E-state index contributed by atoms with van der Waals surface area (Å²) in [6.45, 7) is 11.7. The first kappa shape index (κ1) is 22.3. The number of likely N-dealkylation sites (tertiary alicyclic amines) is 1. The van der Waals surface area contributed by atoms with Crippen LogP contribution in [0.2, 0.25) is 0 Å². The van der Waals surface area contributed by atoms with Crippen LogP contribution in [0, 0.1) is 6.92 Å². The molecule has 8 heteroatoms. The summed E-state index contributed by atoms with van der Waals surface area (Å²) < 4.78 is 5.47. The van der Waals surface area contributed by atoms with Crippen molar-refractivity contribution in [2.75, 3.05) is 31.1 Å². The number of carbonyl (C=O) groups excluding carboxylic acids is 1. The van der Waals surface area contributed by atoms with Crippen LogP contribution in [-0.4, -0.2) is 64.1 Å². The van der Waals surface area contributed by atoms with Crippen molar-refractivity contribution in [2.45, 2.75) is 33.2 Å². The third-order valence-electron chi connectivity index (χ3n) is 5.58. The van der Waals surface area contributed by atoms with E-state index in [9.17, 15) is 14.7 Å². The Hall–Kier alpha value is -3.42. The summed E-state index contributed by atoms with van der Waals surface area (Å²) in [5, 5.41) is 9.83. The molecule has 0 spiro atoms. The van der Waals surface area contributed by atoms with Gasteiger partial charge >= 0.3 is 5.97 Å². The van der Waals surface area contributed by atoms with Gasteiger partial charge in [-0.15, -0.1) is 0 Å². The van der Waals surface area contributed by atoms with E-state index in [4.69, 9.17) is 4.74 Å². The Morgan fingerprint density at radius 2 is 2.10 bits per heavy atom. The van der Waals surface area contributed by atoms with Crippen molar-refractivity contribution in [3.8, 4) is 17.1 Å². The Morgan fingerprint density at radius 3 is 2.74 bits per heavy atom. The lowest BCUT2D eigenvalue weighted by molar-refractivity contribution is -0.125. The van der Waals surface area contributed by atoms with Crippen LogP contribution in [0.1, 0.15) is 36.2 Å². The molecule has 1 aliphatic rings. The molecule has 0 saturated carbocycles. The SMILES string of the molecule is C=CC(=O)N1CCC(N(CC)c2cc(-c3cc(OCC)ncn3)cc(C(=O)O)c2C)C1. The molecule has 0 aliphatic carbocycles. The maximum Gasteiger partial charge on any atom is 0.336 e. The Morgan fingerprint density at radius 1 is 1.32 bits per heavy atom. The molecule has 1 fully saturated rings. The summed E-state index contributed by atoms with van der Waals surface area (Å²) >= 11 is 0. The van der Waals surface area contributed by atoms with Crippen LogP contribution >= 0.6 is 0 Å². The van der Waals surface area contributed by atoms with E-state index in [0.717, 1.165) is 12.1 Å². The van der Waals surface area contributed by atoms with E-state index in [2.05, 4.69) is 21.4 Å². The van der Waals surface area contributed by atoms with E-state index in [1.165, 1.54) is 12.4 Å². The van der Waals surface area contributed by atoms with Crippen molar-refractivity contribution in [1.29, 1.82) is 0 Å². The number of aromatic nitrogens is 2. The van der Waals surface area contributed by atoms with Crippen molar-refractivity contribution < 1.29 is 19.4 Å². The average Bonchev–Trinajstić information content (AvgIpc) is 3.25. The van der Waals surface area contributed by atoms with Gasteiger partial charge < -0.3 is 19.6 Å². The molecule has 2 heterocycles. The highest BCUT2D eigenvalue weighted by atomic mass is 16.5. The summed E-state index contributed by atoms with van der Waals surface area (Å²) in [4.78, 5) is 36.4. The number of benzene rings is 1. The zero-order chi connectivity index (χ0) is 22.5. The number of carboxylic acids is 1. The minimum atomic E-state index is -0.995. The van der Waals surface area contributed by atoms with Gasteiger partial charge in [0.15, 0.2) is 0 Å². The number of carbonyl (C=O) groups is 2. The number of hydrogen-bond acceptors (Lipinski definition) is 6. The Balaban J connectivity index is 2.04. The van der Waals surface area contributed by atoms with Crippen LogP contribution in [0.5, 0.6) is 5.88 Å². The lowest BCUT2D eigenvalue weighted by Crippen LogP contribution is -2.39. The second kappa shape index (κ2) is 9.59. The first-order chi connectivity index (χ1) is 14.9. The highest BCUT2D eigenvalue weighted by molar-refractivity contribution is 5.93. The summed E-state index contributed by atoms with van der Waals surface area (Å²) in [6, 6.07) is 5.39. The number of rotatable bonds is 8. The molecule has 1 saturated heterocycles. The average molecular weight is 425 g/mol. The lowest BCUT2D eigenvalue weighted by Gasteiger charge is -2.32. The third-order valence-corrected chi connectivity index (χ3v) is 5.58. The lowest BCUT2D eigenvalue weighted by atomic mass is 9.98. The Labute approximate surface area is 182 Å². The van der Waals surface area contributed by atoms with Gasteiger partial charge in [0.1, 0.15) is 6.33 Å². The molecule has 0 radical (unpaired) electrons. The van der Waals surface area contributed by atoms with Crippen molar-refractivity contribution in [2.24, 2.45) is 0 Å². The number of amides is 1. The maximum atomic E-state index is 12.0. The molecule has 2 aromatic rings. The molecule has 1 aromatic heterocycles. The highest BCUT2D eigenvalue weighted by Gasteiger charge is 2.30. The molecular formula is C23H28N4O4. The molecule has 8 nitrogen and oxygen atoms in total. The van der Waals surface area contributed by atoms with E-state index < -0.39 is 5.97 Å². The van der Waals surface area contributed by atoms with Crippen molar-refractivity contribution in [1.82, 2.24) is 14.9 Å². The van der Waals surface area contributed by atoms with E-state index >= 15 is 0 Å². The monoisotopic (exact) mass is 424 g/mol. The van der Waals surface area contributed by atoms with Gasteiger partial charge in [-0.2, -0.15) is 0 Å². The fourth-order valence-corrected chi connectivity index (χ4v) is 4.04. The third kappa shape index (κ3) is 4.68. The fraction of sp³-hybridized carbons (Fsp3) is 0.391. The molecule has 1 aromatic carbocycles. The van der Waals surface area contributed by atoms with E-state index in [1.807, 2.05) is 26.8 Å². The fourth-order valence-electron chi connectivity index (χ4n) is 4.04. The quantitative estimate of drug-likeness (QED) is 0.650. The number of likely N-dealkylation sites (N-methyl/N-ethyl adjacent to an activating group) is 1. The second-order valence-electron chi connectivity index (χ2n) is 7.36. The van der Waals surface area contributed by atoms with Gasteiger partial charge in [-0.1, -0.05) is 6.58 Å². The van der Waals surface area contributed by atoms with Gasteiger partial charge in [0.2, 0.25) is 11.8 Å². The molecule has 0 bridgehead atoms. The zero-order valence-electron chi connectivity index (χ0n) is 18.2. The van der Waals surface area contributed by atoms with E-state index in [-0.39, 0.29) is 17.5 Å². The highest BCUT2D eigenvalue weighted by Crippen LogP contribution is 2.33. The Bertz CT molecular complexity index is 992. The molecule has 164 valence electrons. The smallest absolute Gasteiger partial charge is 0.336 e. The van der Waals surface area contributed by atoms with Gasteiger partial charge in [-0.3, -0.25) is 4.79 Å². The van der Waals surface area contributed by atoms with Crippen LogP contribution < -0.4 is 9.64 Å². The second-order valence-corrected chi connectivity index (χ2v) is 7.36. The molecule has 3 rings (SSSR count). The molecule has 31 heavy (non-hydrogen) atoms.